The summed E-state index contributed by atoms with van der Waals surface area (Å²) in [5.74, 6) is -0.0803. The lowest BCUT2D eigenvalue weighted by Gasteiger charge is -2.03. The van der Waals surface area contributed by atoms with E-state index in [4.69, 9.17) is 0 Å². The third kappa shape index (κ3) is 8.14. The fourth-order valence-corrected chi connectivity index (χ4v) is 1.30. The Hall–Kier alpha value is 0.140. The van der Waals surface area contributed by atoms with Gasteiger partial charge in [-0.1, -0.05) is 13.3 Å². The van der Waals surface area contributed by atoms with E-state index < -0.39 is 11.9 Å². The van der Waals surface area contributed by atoms with Gasteiger partial charge in [-0.3, -0.25) is 0 Å². The van der Waals surface area contributed by atoms with Gasteiger partial charge in [0, 0.05) is 0 Å². The molecule has 0 aliphatic rings. The molecule has 0 aliphatic heterocycles. The quantitative estimate of drug-likeness (QED) is 0.587. The Morgan fingerprint density at radius 1 is 1.30 bits per heavy atom. The summed E-state index contributed by atoms with van der Waals surface area (Å²) < 4.78 is 34.4. The topological polar surface area (TPSA) is 0 Å². The van der Waals surface area contributed by atoms with E-state index in [1.807, 2.05) is 6.92 Å². The van der Waals surface area contributed by atoms with Crippen LogP contribution in [0.25, 0.3) is 0 Å². The van der Waals surface area contributed by atoms with Gasteiger partial charge in [0.25, 0.3) is 0 Å². The summed E-state index contributed by atoms with van der Waals surface area (Å²) in [6.07, 6.45) is -2.15. The lowest BCUT2D eigenvalue weighted by Crippen LogP contribution is -2.10. The van der Waals surface area contributed by atoms with Gasteiger partial charge in [0.15, 0.2) is 0 Å². The first-order valence-corrected chi connectivity index (χ1v) is 4.36. The van der Waals surface area contributed by atoms with Crippen LogP contribution in [0.5, 0.6) is 0 Å². The summed E-state index contributed by atoms with van der Waals surface area (Å²) in [7, 11) is 0. The van der Waals surface area contributed by atoms with Crippen molar-refractivity contribution in [2.75, 3.05) is 11.5 Å². The van der Waals surface area contributed by atoms with Crippen LogP contribution in [0, 0.1) is 0 Å². The third-order valence-corrected chi connectivity index (χ3v) is 2.02. The van der Waals surface area contributed by atoms with Crippen LogP contribution in [-0.4, -0.2) is 17.7 Å². The molecule has 0 amide bonds. The second-order valence-electron chi connectivity index (χ2n) is 2.02. The molecule has 62 valence electrons. The van der Waals surface area contributed by atoms with Crippen molar-refractivity contribution in [3.8, 4) is 0 Å². The maximum absolute atomic E-state index is 11.5. The van der Waals surface area contributed by atoms with Crippen LogP contribution in [0.1, 0.15) is 19.8 Å². The molecule has 0 fully saturated rings. The summed E-state index contributed by atoms with van der Waals surface area (Å²) in [6, 6.07) is 0. The van der Waals surface area contributed by atoms with Crippen LogP contribution in [0.4, 0.5) is 13.2 Å². The van der Waals surface area contributed by atoms with Crippen molar-refractivity contribution in [3.05, 3.63) is 0 Å². The predicted molar refractivity (Wildman–Crippen MR) is 38.3 cm³/mol. The first kappa shape index (κ1) is 10.1. The number of rotatable bonds is 4. The Balaban J connectivity index is 3.04. The van der Waals surface area contributed by atoms with Gasteiger partial charge in [-0.05, 0) is 12.2 Å². The summed E-state index contributed by atoms with van der Waals surface area (Å²) in [6.45, 7) is 1.97. The van der Waals surface area contributed by atoms with Crippen LogP contribution in [-0.2, 0) is 0 Å². The lowest BCUT2D eigenvalue weighted by molar-refractivity contribution is -0.105. The highest BCUT2D eigenvalue weighted by Gasteiger charge is 2.26. The molecule has 0 rings (SSSR count). The molecular weight excluding hydrogens is 161 g/mol. The molecule has 0 nitrogen and oxygen atoms in total. The molecule has 0 aromatic carbocycles. The average Bonchev–Trinajstić information content (AvgIpc) is 1.78. The van der Waals surface area contributed by atoms with Crippen molar-refractivity contribution in [3.63, 3.8) is 0 Å². The van der Waals surface area contributed by atoms with Gasteiger partial charge < -0.3 is 0 Å². The minimum atomic E-state index is -3.99. The number of unbranched alkanes of at least 4 members (excludes halogenated alkanes) is 1. The standard InChI is InChI=1S/C6H11F3S/c1-2-3-4-10-5-6(7,8)9/h2-5H2,1H3. The number of hydrogen-bond acceptors (Lipinski definition) is 1. The van der Waals surface area contributed by atoms with Gasteiger partial charge in [0.2, 0.25) is 0 Å². The zero-order chi connectivity index (χ0) is 8.04. The van der Waals surface area contributed by atoms with Gasteiger partial charge in [0.05, 0.1) is 5.75 Å². The fraction of sp³-hybridized carbons (Fsp3) is 1.00. The first-order chi connectivity index (χ1) is 4.56. The molecule has 10 heavy (non-hydrogen) atoms. The second kappa shape index (κ2) is 4.88. The molecule has 0 radical (unpaired) electrons. The van der Waals surface area contributed by atoms with Crippen molar-refractivity contribution in [1.82, 2.24) is 0 Å². The van der Waals surface area contributed by atoms with E-state index in [1.165, 1.54) is 0 Å². The molecule has 0 N–H and O–H groups in total. The normalized spacial score (nSPS) is 12.0. The van der Waals surface area contributed by atoms with Crippen molar-refractivity contribution in [2.45, 2.75) is 25.9 Å². The van der Waals surface area contributed by atoms with Gasteiger partial charge in [-0.25, -0.2) is 0 Å². The predicted octanol–water partition coefficient (Wildman–Crippen LogP) is 3.08. The van der Waals surface area contributed by atoms with E-state index in [1.54, 1.807) is 0 Å². The molecule has 0 heterocycles. The molecule has 0 bridgehead atoms. The molecule has 0 saturated carbocycles. The fourth-order valence-electron chi connectivity index (χ4n) is 0.434. The Labute approximate surface area is 63.2 Å². The first-order valence-electron chi connectivity index (χ1n) is 3.20. The second-order valence-corrected chi connectivity index (χ2v) is 3.13. The zero-order valence-electron chi connectivity index (χ0n) is 5.87. The van der Waals surface area contributed by atoms with Gasteiger partial charge >= 0.3 is 6.18 Å². The third-order valence-electron chi connectivity index (χ3n) is 0.908. The maximum Gasteiger partial charge on any atom is 0.397 e. The van der Waals surface area contributed by atoms with Gasteiger partial charge in [0.1, 0.15) is 0 Å². The van der Waals surface area contributed by atoms with Crippen LogP contribution < -0.4 is 0 Å². The largest absolute Gasteiger partial charge is 0.397 e. The Kier molecular flexibility index (Phi) is 4.95. The van der Waals surface area contributed by atoms with Crippen LogP contribution in [0.2, 0.25) is 0 Å². The van der Waals surface area contributed by atoms with Crippen molar-refractivity contribution in [1.29, 1.82) is 0 Å². The number of halogens is 3. The Morgan fingerprint density at radius 3 is 2.30 bits per heavy atom. The smallest absolute Gasteiger partial charge is 0.170 e. The Bertz CT molecular complexity index is 79.6. The molecule has 0 atom stereocenters. The molecule has 0 spiro atoms. The monoisotopic (exact) mass is 172 g/mol. The van der Waals surface area contributed by atoms with Gasteiger partial charge in [-0.2, -0.15) is 24.9 Å². The minimum Gasteiger partial charge on any atom is -0.170 e. The molecule has 0 aromatic heterocycles. The van der Waals surface area contributed by atoms with E-state index in [2.05, 4.69) is 0 Å². The molecule has 0 aromatic rings. The van der Waals surface area contributed by atoms with E-state index in [0.717, 1.165) is 24.6 Å². The van der Waals surface area contributed by atoms with E-state index in [0.29, 0.717) is 5.75 Å². The van der Waals surface area contributed by atoms with Crippen LogP contribution in [0.15, 0.2) is 0 Å². The van der Waals surface area contributed by atoms with Crippen molar-refractivity contribution < 1.29 is 13.2 Å². The van der Waals surface area contributed by atoms with Crippen molar-refractivity contribution >= 4 is 11.8 Å². The van der Waals surface area contributed by atoms with E-state index in [-0.39, 0.29) is 0 Å². The highest BCUT2D eigenvalue weighted by atomic mass is 32.2. The summed E-state index contributed by atoms with van der Waals surface area (Å²) in [5.41, 5.74) is 0. The summed E-state index contributed by atoms with van der Waals surface area (Å²) in [5, 5.41) is 0. The highest BCUT2D eigenvalue weighted by Crippen LogP contribution is 2.21. The van der Waals surface area contributed by atoms with Crippen molar-refractivity contribution in [2.24, 2.45) is 0 Å². The molecule has 4 heteroatoms. The summed E-state index contributed by atoms with van der Waals surface area (Å²) in [4.78, 5) is 0. The molecule has 0 unspecified atom stereocenters. The molecular formula is C6H11F3S. The summed E-state index contributed by atoms with van der Waals surface area (Å²) >= 11 is 0.960. The van der Waals surface area contributed by atoms with E-state index in [9.17, 15) is 13.2 Å². The minimum absolute atomic E-state index is 0.621. The maximum atomic E-state index is 11.5. The molecule has 0 saturated heterocycles. The van der Waals surface area contributed by atoms with Crippen LogP contribution >= 0.6 is 11.8 Å². The average molecular weight is 172 g/mol. The molecule has 0 aliphatic carbocycles. The number of thioether (sulfide) groups is 1. The lowest BCUT2D eigenvalue weighted by atomic mass is 10.4. The highest BCUT2D eigenvalue weighted by molar-refractivity contribution is 7.99. The number of alkyl halides is 3. The zero-order valence-corrected chi connectivity index (χ0v) is 6.69. The Morgan fingerprint density at radius 2 is 1.90 bits per heavy atom. The SMILES string of the molecule is CCCCSCC(F)(F)F. The number of hydrogen-bond donors (Lipinski definition) is 0. The van der Waals surface area contributed by atoms with E-state index >= 15 is 0 Å². The van der Waals surface area contributed by atoms with Gasteiger partial charge in [-0.15, -0.1) is 0 Å². The van der Waals surface area contributed by atoms with Crippen LogP contribution in [0.3, 0.4) is 0 Å².